The number of esters is 1. The van der Waals surface area contributed by atoms with E-state index in [1.165, 1.54) is 20.0 Å². The molecule has 0 aromatic rings. The summed E-state index contributed by atoms with van der Waals surface area (Å²) >= 11 is 0. The second-order valence-electron chi connectivity index (χ2n) is 11.1. The maximum atomic E-state index is 12.9. The van der Waals surface area contributed by atoms with E-state index >= 15 is 0 Å². The van der Waals surface area contributed by atoms with Crippen molar-refractivity contribution in [1.29, 1.82) is 0 Å². The van der Waals surface area contributed by atoms with Gasteiger partial charge in [0.05, 0.1) is 7.11 Å². The Morgan fingerprint density at radius 1 is 0.971 bits per heavy atom. The van der Waals surface area contributed by atoms with E-state index in [1.54, 1.807) is 12.3 Å². The lowest BCUT2D eigenvalue weighted by molar-refractivity contribution is -0.240. The molecule has 5 fully saturated rings. The van der Waals surface area contributed by atoms with Crippen molar-refractivity contribution >= 4 is 12.2 Å². The number of hydrogen-bond acceptors (Lipinski definition) is 8. The highest BCUT2D eigenvalue weighted by Crippen LogP contribution is 2.50. The summed E-state index contributed by atoms with van der Waals surface area (Å²) in [5.74, 6) is -1.70. The number of fused-ring (bicyclic) bond motifs is 3. The van der Waals surface area contributed by atoms with Crippen LogP contribution in [0.1, 0.15) is 84.5 Å². The predicted octanol–water partition coefficient (Wildman–Crippen LogP) is 4.45. The van der Waals surface area contributed by atoms with E-state index in [0.29, 0.717) is 6.42 Å². The molecule has 0 amide bonds. The van der Waals surface area contributed by atoms with Crippen molar-refractivity contribution in [3.8, 4) is 0 Å². The van der Waals surface area contributed by atoms with Gasteiger partial charge in [-0.15, -0.1) is 6.58 Å². The summed E-state index contributed by atoms with van der Waals surface area (Å²) in [6.45, 7) is 7.77. The maximum absolute atomic E-state index is 12.9. The Bertz CT molecular complexity index is 816. The smallest absolute Gasteiger partial charge is 0.334 e. The Kier molecular flexibility index (Phi) is 7.14. The Hall–Kier alpha value is -1.32. The predicted molar refractivity (Wildman–Crippen MR) is 129 cm³/mol. The summed E-state index contributed by atoms with van der Waals surface area (Å²) in [7, 11) is 1.39. The number of hydrogen-bond donors (Lipinski definition) is 0. The highest BCUT2D eigenvalue weighted by Gasteiger charge is 2.63. The molecule has 5 rings (SSSR count). The fourth-order valence-corrected chi connectivity index (χ4v) is 6.52. The molecule has 0 N–H and O–H groups in total. The number of rotatable bonds is 6. The highest BCUT2D eigenvalue weighted by atomic mass is 16.9. The zero-order valence-corrected chi connectivity index (χ0v) is 21.4. The molecule has 0 radical (unpaired) electrons. The topological polar surface area (TPSA) is 84.8 Å². The Morgan fingerprint density at radius 3 is 2.11 bits per heavy atom. The van der Waals surface area contributed by atoms with Crippen molar-refractivity contribution in [3.05, 3.63) is 12.7 Å². The van der Waals surface area contributed by atoms with Crippen LogP contribution in [0.2, 0.25) is 0 Å². The van der Waals surface area contributed by atoms with Crippen LogP contribution in [-0.2, 0) is 33.2 Å². The summed E-state index contributed by atoms with van der Waals surface area (Å²) in [6.07, 6.45) is 11.8. The van der Waals surface area contributed by atoms with Crippen LogP contribution in [0.4, 0.5) is 0 Å². The first-order valence-electron chi connectivity index (χ1n) is 13.5. The normalized spacial score (nSPS) is 37.3. The first kappa shape index (κ1) is 25.3. The molecule has 35 heavy (non-hydrogen) atoms. The molecule has 0 bridgehead atoms. The van der Waals surface area contributed by atoms with Gasteiger partial charge in [0.15, 0.2) is 23.4 Å². The SMILES string of the molecule is C=CC[C@@](N=C[C@H]1O[C@@H]2OC3(CCCCC3)O[C@@H]2[C@H]2OC3(CCCCC3)O[C@H]21)(C(=O)OC)C(C)C. The molecule has 0 unspecified atom stereocenters. The third-order valence-electron chi connectivity index (χ3n) is 8.55. The van der Waals surface area contributed by atoms with Gasteiger partial charge in [0.1, 0.15) is 24.4 Å². The summed E-state index contributed by atoms with van der Waals surface area (Å²) < 4.78 is 38.0. The van der Waals surface area contributed by atoms with Crippen LogP contribution >= 0.6 is 0 Å². The van der Waals surface area contributed by atoms with E-state index in [-0.39, 0.29) is 30.2 Å². The lowest BCUT2D eigenvalue weighted by atomic mass is 9.83. The van der Waals surface area contributed by atoms with Crippen molar-refractivity contribution in [2.45, 2.75) is 132 Å². The fraction of sp³-hybridized carbons (Fsp3) is 0.852. The summed E-state index contributed by atoms with van der Waals surface area (Å²) in [5, 5.41) is 0. The van der Waals surface area contributed by atoms with Gasteiger partial charge < -0.3 is 28.4 Å². The largest absolute Gasteiger partial charge is 0.467 e. The average molecular weight is 492 g/mol. The number of carbonyl (C=O) groups is 1. The van der Waals surface area contributed by atoms with Crippen LogP contribution in [0.3, 0.4) is 0 Å². The molecule has 3 aliphatic heterocycles. The molecule has 2 spiro atoms. The number of nitrogens with zero attached hydrogens (tertiary/aromatic N) is 1. The van der Waals surface area contributed by atoms with Crippen molar-refractivity contribution in [3.63, 3.8) is 0 Å². The number of aliphatic imine (C=N–C) groups is 1. The monoisotopic (exact) mass is 491 g/mol. The second kappa shape index (κ2) is 9.86. The molecular weight excluding hydrogens is 450 g/mol. The van der Waals surface area contributed by atoms with Gasteiger partial charge in [-0.3, -0.25) is 4.99 Å². The molecule has 3 heterocycles. The third-order valence-corrected chi connectivity index (χ3v) is 8.55. The Labute approximate surface area is 208 Å². The second-order valence-corrected chi connectivity index (χ2v) is 11.1. The van der Waals surface area contributed by atoms with Crippen LogP contribution < -0.4 is 0 Å². The summed E-state index contributed by atoms with van der Waals surface area (Å²) in [6, 6.07) is 0. The van der Waals surface area contributed by atoms with Gasteiger partial charge in [0, 0.05) is 38.3 Å². The first-order valence-corrected chi connectivity index (χ1v) is 13.5. The van der Waals surface area contributed by atoms with E-state index in [9.17, 15) is 4.79 Å². The van der Waals surface area contributed by atoms with E-state index in [2.05, 4.69) is 6.58 Å². The fourth-order valence-electron chi connectivity index (χ4n) is 6.52. The van der Waals surface area contributed by atoms with Gasteiger partial charge >= 0.3 is 5.97 Å². The zero-order valence-electron chi connectivity index (χ0n) is 21.4. The van der Waals surface area contributed by atoms with E-state index in [4.69, 9.17) is 33.4 Å². The van der Waals surface area contributed by atoms with Gasteiger partial charge in [-0.05, 0) is 31.6 Å². The number of methoxy groups -OCH3 is 1. The lowest BCUT2D eigenvalue weighted by Gasteiger charge is -2.36. The minimum absolute atomic E-state index is 0.0988. The Morgan fingerprint density at radius 2 is 1.54 bits per heavy atom. The lowest BCUT2D eigenvalue weighted by Crippen LogP contribution is -2.56. The molecule has 3 saturated heterocycles. The van der Waals surface area contributed by atoms with E-state index in [1.807, 2.05) is 13.8 Å². The van der Waals surface area contributed by atoms with Crippen LogP contribution in [0, 0.1) is 5.92 Å². The maximum Gasteiger partial charge on any atom is 0.334 e. The molecule has 0 aromatic carbocycles. The molecule has 2 saturated carbocycles. The molecule has 2 aliphatic carbocycles. The van der Waals surface area contributed by atoms with Crippen LogP contribution in [0.15, 0.2) is 17.6 Å². The minimum atomic E-state index is -1.08. The highest BCUT2D eigenvalue weighted by molar-refractivity contribution is 5.84. The summed E-state index contributed by atoms with van der Waals surface area (Å²) in [5.41, 5.74) is -1.08. The standard InChI is InChI=1S/C27H41NO7/c1-5-12-27(18(2)3,24(29)30-4)28-17-19-20-21(33-25(32-20)13-8-6-9-14-25)22-23(31-19)35-26(34-22)15-10-7-11-16-26/h5,17-23H,1,6-16H2,2-4H3/t19-,20+,21+,22-,23-,27+/m1/s1. The van der Waals surface area contributed by atoms with Crippen molar-refractivity contribution in [2.75, 3.05) is 7.11 Å². The van der Waals surface area contributed by atoms with E-state index < -0.39 is 29.5 Å². The van der Waals surface area contributed by atoms with Gasteiger partial charge in [-0.25, -0.2) is 4.79 Å². The van der Waals surface area contributed by atoms with Gasteiger partial charge in [0.2, 0.25) is 0 Å². The van der Waals surface area contributed by atoms with E-state index in [0.717, 1.165) is 51.4 Å². The van der Waals surface area contributed by atoms with Crippen LogP contribution in [0.5, 0.6) is 0 Å². The van der Waals surface area contributed by atoms with Gasteiger partial charge in [-0.1, -0.05) is 32.8 Å². The molecule has 8 heteroatoms. The molecule has 196 valence electrons. The minimum Gasteiger partial charge on any atom is -0.467 e. The summed E-state index contributed by atoms with van der Waals surface area (Å²) in [4.78, 5) is 17.7. The van der Waals surface area contributed by atoms with Gasteiger partial charge in [-0.2, -0.15) is 0 Å². The Balaban J connectivity index is 1.45. The van der Waals surface area contributed by atoms with Crippen LogP contribution in [-0.4, -0.2) is 67.1 Å². The van der Waals surface area contributed by atoms with Crippen molar-refractivity contribution < 1.29 is 33.2 Å². The molecule has 5 aliphatic rings. The number of ether oxygens (including phenoxy) is 6. The quantitative estimate of drug-likeness (QED) is 0.308. The van der Waals surface area contributed by atoms with Crippen molar-refractivity contribution in [1.82, 2.24) is 0 Å². The molecule has 6 atom stereocenters. The molecular formula is C27H41NO7. The zero-order chi connectivity index (χ0) is 24.7. The van der Waals surface area contributed by atoms with Crippen LogP contribution in [0.25, 0.3) is 0 Å². The first-order chi connectivity index (χ1) is 16.9. The number of carbonyl (C=O) groups excluding carboxylic acids is 1. The van der Waals surface area contributed by atoms with Gasteiger partial charge in [0.25, 0.3) is 0 Å². The molecule has 8 nitrogen and oxygen atoms in total. The average Bonchev–Trinajstić information content (AvgIpc) is 3.39. The van der Waals surface area contributed by atoms with Crippen molar-refractivity contribution in [2.24, 2.45) is 10.9 Å². The molecule has 0 aromatic heterocycles. The third kappa shape index (κ3) is 4.50.